The molecule has 2 aromatic rings. The minimum atomic E-state index is 0.536. The van der Waals surface area contributed by atoms with Crippen molar-refractivity contribution in [1.82, 2.24) is 9.71 Å². The van der Waals surface area contributed by atoms with Gasteiger partial charge in [0.15, 0.2) is 16.0 Å². The maximum absolute atomic E-state index is 5.39. The van der Waals surface area contributed by atoms with Crippen LogP contribution in [0.25, 0.3) is 12.2 Å². The molecule has 0 aliphatic heterocycles. The van der Waals surface area contributed by atoms with E-state index in [4.69, 9.17) is 16.0 Å². The summed E-state index contributed by atoms with van der Waals surface area (Å²) in [6, 6.07) is 12.0. The standard InChI is InChI=1S/C14H12B2N2/c15-18(16)11-14-5-3-12(4-6-14)1-2-13-7-9-17-10-8-13/h1-10H,11H2/b2-1+. The van der Waals surface area contributed by atoms with E-state index in [1.807, 2.05) is 36.4 Å². The van der Waals surface area contributed by atoms with Crippen molar-refractivity contribution in [3.05, 3.63) is 65.5 Å². The van der Waals surface area contributed by atoms with Gasteiger partial charge in [0.25, 0.3) is 0 Å². The normalized spacial score (nSPS) is 11.2. The van der Waals surface area contributed by atoms with Gasteiger partial charge in [-0.05, 0) is 28.8 Å². The van der Waals surface area contributed by atoms with E-state index in [2.05, 4.69) is 17.1 Å². The quantitative estimate of drug-likeness (QED) is 0.748. The van der Waals surface area contributed by atoms with Gasteiger partial charge >= 0.3 is 0 Å². The number of aromatic nitrogens is 1. The Morgan fingerprint density at radius 1 is 0.889 bits per heavy atom. The predicted molar refractivity (Wildman–Crippen MR) is 76.7 cm³/mol. The molecule has 1 aromatic heterocycles. The molecule has 0 aliphatic rings. The van der Waals surface area contributed by atoms with Crippen LogP contribution in [-0.2, 0) is 6.54 Å². The lowest BCUT2D eigenvalue weighted by Gasteiger charge is -2.10. The third-order valence-corrected chi connectivity index (χ3v) is 2.52. The molecule has 4 heteroatoms. The maximum atomic E-state index is 5.39. The van der Waals surface area contributed by atoms with Gasteiger partial charge in [-0.2, -0.15) is 0 Å². The number of rotatable bonds is 4. The van der Waals surface area contributed by atoms with E-state index >= 15 is 0 Å². The Morgan fingerprint density at radius 3 is 2.00 bits per heavy atom. The van der Waals surface area contributed by atoms with E-state index in [0.717, 1.165) is 16.7 Å². The van der Waals surface area contributed by atoms with E-state index in [9.17, 15) is 0 Å². The summed E-state index contributed by atoms with van der Waals surface area (Å²) in [7, 11) is 10.8. The number of hydrogen-bond acceptors (Lipinski definition) is 2. The molecule has 2 nitrogen and oxygen atoms in total. The summed E-state index contributed by atoms with van der Waals surface area (Å²) in [4.78, 5) is 3.98. The molecule has 0 aliphatic carbocycles. The lowest BCUT2D eigenvalue weighted by atomic mass is 10.1. The van der Waals surface area contributed by atoms with Gasteiger partial charge < -0.3 is 4.72 Å². The van der Waals surface area contributed by atoms with Gasteiger partial charge in [0.2, 0.25) is 0 Å². The Kier molecular flexibility index (Phi) is 4.37. The zero-order valence-corrected chi connectivity index (χ0v) is 10.0. The van der Waals surface area contributed by atoms with Crippen molar-refractivity contribution in [2.24, 2.45) is 0 Å². The lowest BCUT2D eigenvalue weighted by Crippen LogP contribution is -2.14. The number of benzene rings is 1. The molecular formula is C14H12B2N2. The van der Waals surface area contributed by atoms with Gasteiger partial charge in [0.05, 0.1) is 0 Å². The zero-order chi connectivity index (χ0) is 12.8. The van der Waals surface area contributed by atoms with Crippen molar-refractivity contribution in [1.29, 1.82) is 0 Å². The van der Waals surface area contributed by atoms with E-state index in [-0.39, 0.29) is 0 Å². The van der Waals surface area contributed by atoms with E-state index in [1.165, 1.54) is 4.72 Å². The summed E-state index contributed by atoms with van der Waals surface area (Å²) in [5, 5.41) is 0. The third kappa shape index (κ3) is 3.90. The summed E-state index contributed by atoms with van der Waals surface area (Å²) < 4.78 is 1.17. The summed E-state index contributed by atoms with van der Waals surface area (Å²) in [5.41, 5.74) is 3.35. The second kappa shape index (κ2) is 6.22. The van der Waals surface area contributed by atoms with Gasteiger partial charge in [-0.15, -0.1) is 0 Å². The SMILES string of the molecule is [B]N([B])Cc1ccc(/C=C/c2ccncc2)cc1. The molecule has 0 N–H and O–H groups in total. The van der Waals surface area contributed by atoms with Gasteiger partial charge in [-0.25, -0.2) is 0 Å². The number of pyridine rings is 1. The molecule has 4 radical (unpaired) electrons. The molecule has 0 amide bonds. The molecule has 84 valence electrons. The molecule has 0 atom stereocenters. The molecule has 0 fully saturated rings. The van der Waals surface area contributed by atoms with Crippen LogP contribution in [0.1, 0.15) is 16.7 Å². The van der Waals surface area contributed by atoms with Crippen LogP contribution in [0.5, 0.6) is 0 Å². The molecule has 2 rings (SSSR count). The third-order valence-electron chi connectivity index (χ3n) is 2.52. The summed E-state index contributed by atoms with van der Waals surface area (Å²) in [6.45, 7) is 0.536. The highest BCUT2D eigenvalue weighted by atomic mass is 14.9. The van der Waals surface area contributed by atoms with Crippen molar-refractivity contribution < 1.29 is 0 Å². The van der Waals surface area contributed by atoms with Crippen LogP contribution in [-0.4, -0.2) is 25.7 Å². The number of hydrogen-bond donors (Lipinski definition) is 0. The summed E-state index contributed by atoms with van der Waals surface area (Å²) in [5.74, 6) is 0. The van der Waals surface area contributed by atoms with Gasteiger partial charge in [0, 0.05) is 18.9 Å². The fourth-order valence-electron chi connectivity index (χ4n) is 1.61. The summed E-state index contributed by atoms with van der Waals surface area (Å²) >= 11 is 0. The van der Waals surface area contributed by atoms with E-state index < -0.39 is 0 Å². The highest BCUT2D eigenvalue weighted by Crippen LogP contribution is 2.10. The molecule has 18 heavy (non-hydrogen) atoms. The predicted octanol–water partition coefficient (Wildman–Crippen LogP) is 2.22. The maximum Gasteiger partial charge on any atom is 0.166 e. The minimum Gasteiger partial charge on any atom is -0.400 e. The first-order chi connectivity index (χ1) is 8.74. The minimum absolute atomic E-state index is 0.536. The molecule has 0 saturated carbocycles. The summed E-state index contributed by atoms with van der Waals surface area (Å²) in [6.07, 6.45) is 7.66. The van der Waals surface area contributed by atoms with Crippen molar-refractivity contribution >= 4 is 28.1 Å². The smallest absolute Gasteiger partial charge is 0.166 e. The van der Waals surface area contributed by atoms with Crippen LogP contribution in [0.4, 0.5) is 0 Å². The van der Waals surface area contributed by atoms with Crippen LogP contribution >= 0.6 is 0 Å². The van der Waals surface area contributed by atoms with Crippen molar-refractivity contribution in [3.63, 3.8) is 0 Å². The average Bonchev–Trinajstić information content (AvgIpc) is 2.38. The average molecular weight is 230 g/mol. The second-order valence-corrected chi connectivity index (χ2v) is 4.03. The Bertz CT molecular complexity index is 507. The molecule has 0 spiro atoms. The Hall–Kier alpha value is -1.80. The first-order valence-corrected chi connectivity index (χ1v) is 5.68. The fourth-order valence-corrected chi connectivity index (χ4v) is 1.61. The Morgan fingerprint density at radius 2 is 1.44 bits per heavy atom. The van der Waals surface area contributed by atoms with Crippen LogP contribution in [0.2, 0.25) is 0 Å². The van der Waals surface area contributed by atoms with E-state index in [0.29, 0.717) is 6.54 Å². The second-order valence-electron chi connectivity index (χ2n) is 4.03. The molecule has 0 bridgehead atoms. The Labute approximate surface area is 110 Å². The largest absolute Gasteiger partial charge is 0.400 e. The highest BCUT2D eigenvalue weighted by molar-refractivity contribution is 6.24. The Balaban J connectivity index is 2.04. The molecule has 1 aromatic carbocycles. The van der Waals surface area contributed by atoms with Gasteiger partial charge in [-0.3, -0.25) is 4.98 Å². The lowest BCUT2D eigenvalue weighted by molar-refractivity contribution is 0.699. The molecule has 0 saturated heterocycles. The van der Waals surface area contributed by atoms with Crippen LogP contribution in [0.15, 0.2) is 48.8 Å². The monoisotopic (exact) mass is 230 g/mol. The number of nitrogens with zero attached hydrogens (tertiary/aromatic N) is 2. The van der Waals surface area contributed by atoms with Crippen molar-refractivity contribution in [2.75, 3.05) is 0 Å². The van der Waals surface area contributed by atoms with E-state index in [1.54, 1.807) is 12.4 Å². The van der Waals surface area contributed by atoms with Crippen molar-refractivity contribution in [3.8, 4) is 0 Å². The molecule has 1 heterocycles. The van der Waals surface area contributed by atoms with Crippen LogP contribution in [0, 0.1) is 0 Å². The van der Waals surface area contributed by atoms with Crippen LogP contribution in [0.3, 0.4) is 0 Å². The first-order valence-electron chi connectivity index (χ1n) is 5.68. The van der Waals surface area contributed by atoms with Gasteiger partial charge in [0.1, 0.15) is 0 Å². The first kappa shape index (κ1) is 12.7. The topological polar surface area (TPSA) is 16.1 Å². The molecular weight excluding hydrogens is 218 g/mol. The van der Waals surface area contributed by atoms with Crippen molar-refractivity contribution in [2.45, 2.75) is 6.54 Å². The highest BCUT2D eigenvalue weighted by Gasteiger charge is 1.94. The molecule has 0 unspecified atom stereocenters. The fraction of sp³-hybridized carbons (Fsp3) is 0.0714. The van der Waals surface area contributed by atoms with Gasteiger partial charge in [-0.1, -0.05) is 36.4 Å². The van der Waals surface area contributed by atoms with Crippen LogP contribution < -0.4 is 0 Å². The zero-order valence-electron chi connectivity index (χ0n) is 10.0.